The van der Waals surface area contributed by atoms with Crippen LogP contribution in [0.5, 0.6) is 0 Å². The number of nitrogens with zero attached hydrogens (tertiary/aromatic N) is 3. The molecule has 3 rings (SSSR count). The first-order chi connectivity index (χ1) is 14.9. The van der Waals surface area contributed by atoms with Gasteiger partial charge in [0.2, 0.25) is 0 Å². The number of hydrogen-bond acceptors (Lipinski definition) is 4. The lowest BCUT2D eigenvalue weighted by Crippen LogP contribution is -2.43. The molecule has 0 saturated carbocycles. The van der Waals surface area contributed by atoms with E-state index >= 15 is 0 Å². The van der Waals surface area contributed by atoms with Crippen molar-refractivity contribution < 1.29 is 4.74 Å². The molecular formula is C25H37N5O. The highest BCUT2D eigenvalue weighted by Gasteiger charge is 2.21. The Morgan fingerprint density at radius 2 is 1.97 bits per heavy atom. The first-order valence-corrected chi connectivity index (χ1v) is 11.3. The van der Waals surface area contributed by atoms with E-state index in [0.717, 1.165) is 44.4 Å². The summed E-state index contributed by atoms with van der Waals surface area (Å²) in [7, 11) is 1.81. The minimum Gasteiger partial charge on any atom is -0.375 e. The number of aromatic nitrogens is 1. The minimum absolute atomic E-state index is 0.000748. The van der Waals surface area contributed by atoms with E-state index in [2.05, 4.69) is 83.5 Å². The number of guanidine groups is 1. The molecule has 31 heavy (non-hydrogen) atoms. The van der Waals surface area contributed by atoms with Gasteiger partial charge in [0.15, 0.2) is 5.96 Å². The van der Waals surface area contributed by atoms with Crippen LogP contribution < -0.4 is 15.5 Å². The molecule has 1 unspecified atom stereocenters. The quantitative estimate of drug-likeness (QED) is 0.527. The number of nitrogens with one attached hydrogen (secondary N) is 2. The Kier molecular flexibility index (Phi) is 7.91. The second kappa shape index (κ2) is 10.6. The second-order valence-corrected chi connectivity index (χ2v) is 8.86. The van der Waals surface area contributed by atoms with E-state index in [0.29, 0.717) is 6.54 Å². The maximum absolute atomic E-state index is 5.65. The van der Waals surface area contributed by atoms with E-state index in [1.54, 1.807) is 0 Å². The molecular weight excluding hydrogens is 386 g/mol. The van der Waals surface area contributed by atoms with Gasteiger partial charge in [-0.1, -0.05) is 45.0 Å². The van der Waals surface area contributed by atoms with E-state index < -0.39 is 0 Å². The summed E-state index contributed by atoms with van der Waals surface area (Å²) in [5, 5.41) is 6.92. The Morgan fingerprint density at radius 3 is 2.65 bits per heavy atom. The van der Waals surface area contributed by atoms with E-state index in [9.17, 15) is 0 Å². The van der Waals surface area contributed by atoms with Gasteiger partial charge >= 0.3 is 0 Å². The summed E-state index contributed by atoms with van der Waals surface area (Å²) >= 11 is 0. The number of hydrogen-bond donors (Lipinski definition) is 2. The van der Waals surface area contributed by atoms with E-state index in [4.69, 9.17) is 4.74 Å². The van der Waals surface area contributed by atoms with Crippen LogP contribution in [0.3, 0.4) is 0 Å². The van der Waals surface area contributed by atoms with E-state index in [1.807, 2.05) is 19.3 Å². The molecule has 1 aromatic carbocycles. The van der Waals surface area contributed by atoms with Gasteiger partial charge in [-0.2, -0.15) is 0 Å². The number of morpholine rings is 1. The highest BCUT2D eigenvalue weighted by Crippen LogP contribution is 2.23. The average Bonchev–Trinajstić information content (AvgIpc) is 2.79. The summed E-state index contributed by atoms with van der Waals surface area (Å²) in [6.45, 7) is 12.8. The number of aliphatic imine (C=N–C) groups is 1. The number of anilines is 1. The Morgan fingerprint density at radius 1 is 1.19 bits per heavy atom. The van der Waals surface area contributed by atoms with Crippen LogP contribution in [0.15, 0.2) is 47.6 Å². The highest BCUT2D eigenvalue weighted by molar-refractivity contribution is 5.79. The van der Waals surface area contributed by atoms with Crippen molar-refractivity contribution in [3.63, 3.8) is 0 Å². The predicted molar refractivity (Wildman–Crippen MR) is 129 cm³/mol. The summed E-state index contributed by atoms with van der Waals surface area (Å²) in [5.74, 6) is 1.81. The Hall–Kier alpha value is -2.60. The second-order valence-electron chi connectivity index (χ2n) is 8.86. The highest BCUT2D eigenvalue weighted by atomic mass is 16.5. The molecule has 1 aliphatic heterocycles. The minimum atomic E-state index is 0.000748. The van der Waals surface area contributed by atoms with Gasteiger partial charge in [0.05, 0.1) is 12.7 Å². The van der Waals surface area contributed by atoms with Crippen molar-refractivity contribution in [1.82, 2.24) is 15.6 Å². The summed E-state index contributed by atoms with van der Waals surface area (Å²) in [5.41, 5.74) is 3.88. The zero-order valence-corrected chi connectivity index (χ0v) is 19.6. The maximum Gasteiger partial charge on any atom is 0.191 e. The van der Waals surface area contributed by atoms with E-state index in [-0.39, 0.29) is 11.5 Å². The number of pyridine rings is 1. The summed E-state index contributed by atoms with van der Waals surface area (Å²) in [4.78, 5) is 11.2. The summed E-state index contributed by atoms with van der Waals surface area (Å²) < 4.78 is 5.65. The Bertz CT molecular complexity index is 862. The van der Waals surface area contributed by atoms with Gasteiger partial charge in [-0.15, -0.1) is 0 Å². The van der Waals surface area contributed by atoms with Gasteiger partial charge < -0.3 is 20.3 Å². The molecule has 0 bridgehead atoms. The zero-order valence-electron chi connectivity index (χ0n) is 19.6. The molecule has 1 saturated heterocycles. The van der Waals surface area contributed by atoms with E-state index in [1.165, 1.54) is 16.7 Å². The molecule has 1 atom stereocenters. The number of benzene rings is 1. The number of aryl methyl sites for hydroxylation is 1. The van der Waals surface area contributed by atoms with Crippen molar-refractivity contribution >= 4 is 11.8 Å². The maximum atomic E-state index is 5.65. The summed E-state index contributed by atoms with van der Waals surface area (Å²) in [6, 6.07) is 13.1. The fraction of sp³-hybridized carbons (Fsp3) is 0.520. The number of rotatable bonds is 7. The molecule has 1 aliphatic rings. The van der Waals surface area contributed by atoms with Crippen molar-refractivity contribution in [2.45, 2.75) is 52.2 Å². The Balaban J connectivity index is 1.55. The van der Waals surface area contributed by atoms with Crippen molar-refractivity contribution in [2.75, 3.05) is 38.2 Å². The van der Waals surface area contributed by atoms with Gasteiger partial charge in [-0.05, 0) is 42.2 Å². The molecule has 2 heterocycles. The van der Waals surface area contributed by atoms with Gasteiger partial charge in [-0.3, -0.25) is 4.99 Å². The summed E-state index contributed by atoms with van der Waals surface area (Å²) in [6.07, 6.45) is 3.18. The van der Waals surface area contributed by atoms with Crippen LogP contribution in [0.4, 0.5) is 5.82 Å². The Labute approximate surface area is 187 Å². The van der Waals surface area contributed by atoms with Gasteiger partial charge in [0, 0.05) is 44.8 Å². The van der Waals surface area contributed by atoms with Crippen molar-refractivity contribution in [1.29, 1.82) is 0 Å². The third-order valence-electron chi connectivity index (χ3n) is 5.90. The fourth-order valence-corrected chi connectivity index (χ4v) is 3.77. The molecule has 0 spiro atoms. The van der Waals surface area contributed by atoms with Crippen LogP contribution in [-0.4, -0.2) is 50.3 Å². The standard InChI is InChI=1S/C25H37N5O/c1-6-20-7-9-22(10-8-20)25(3,4)18-29-24(26-5)28-16-21-11-12-27-23(15-21)30-13-14-31-19(2)17-30/h7-12,15,19H,6,13-14,16-18H2,1-5H3,(H2,26,28,29). The molecule has 1 fully saturated rings. The SMILES string of the molecule is CCc1ccc(C(C)(C)CNC(=NC)NCc2ccnc(N3CCOC(C)C3)c2)cc1. The lowest BCUT2D eigenvalue weighted by atomic mass is 9.84. The van der Waals surface area contributed by atoms with Crippen molar-refractivity contribution in [3.05, 3.63) is 59.3 Å². The van der Waals surface area contributed by atoms with Crippen molar-refractivity contribution in [3.8, 4) is 0 Å². The molecule has 6 heteroatoms. The van der Waals surface area contributed by atoms with Crippen molar-refractivity contribution in [2.24, 2.45) is 4.99 Å². The topological polar surface area (TPSA) is 61.8 Å². The third kappa shape index (κ3) is 6.44. The van der Waals surface area contributed by atoms with Crippen LogP contribution in [0.1, 0.15) is 44.4 Å². The first-order valence-electron chi connectivity index (χ1n) is 11.3. The average molecular weight is 424 g/mol. The van der Waals surface area contributed by atoms with Gasteiger partial charge in [0.25, 0.3) is 0 Å². The molecule has 0 radical (unpaired) electrons. The molecule has 0 amide bonds. The largest absolute Gasteiger partial charge is 0.375 e. The van der Waals surface area contributed by atoms with Gasteiger partial charge in [-0.25, -0.2) is 4.98 Å². The molecule has 6 nitrogen and oxygen atoms in total. The van der Waals surface area contributed by atoms with Crippen LogP contribution >= 0.6 is 0 Å². The molecule has 0 aliphatic carbocycles. The van der Waals surface area contributed by atoms with Crippen LogP contribution in [-0.2, 0) is 23.1 Å². The molecule has 1 aromatic heterocycles. The normalized spacial score (nSPS) is 17.5. The van der Waals surface area contributed by atoms with Crippen LogP contribution in [0.2, 0.25) is 0 Å². The first kappa shape index (κ1) is 23.1. The third-order valence-corrected chi connectivity index (χ3v) is 5.90. The molecule has 168 valence electrons. The monoisotopic (exact) mass is 423 g/mol. The zero-order chi connectivity index (χ0) is 22.3. The smallest absolute Gasteiger partial charge is 0.191 e. The predicted octanol–water partition coefficient (Wildman–Crippen LogP) is 3.51. The van der Waals surface area contributed by atoms with Gasteiger partial charge in [0.1, 0.15) is 5.82 Å². The number of ether oxygens (including phenoxy) is 1. The van der Waals surface area contributed by atoms with Crippen LogP contribution in [0.25, 0.3) is 0 Å². The molecule has 2 N–H and O–H groups in total. The lowest BCUT2D eigenvalue weighted by Gasteiger charge is -2.32. The fourth-order valence-electron chi connectivity index (χ4n) is 3.77. The lowest BCUT2D eigenvalue weighted by molar-refractivity contribution is 0.0529. The molecule has 2 aromatic rings. The van der Waals surface area contributed by atoms with Crippen LogP contribution in [0, 0.1) is 0 Å².